The third kappa shape index (κ3) is 2.49. The molecule has 0 aliphatic heterocycles. The Bertz CT molecular complexity index is 720. The summed E-state index contributed by atoms with van der Waals surface area (Å²) in [4.78, 5) is 41.2. The number of carboxylic acids is 1. The van der Waals surface area contributed by atoms with Crippen LogP contribution in [0.5, 0.6) is 0 Å². The first-order valence-corrected chi connectivity index (χ1v) is 5.98. The lowest BCUT2D eigenvalue weighted by atomic mass is 10.00. The molecule has 2 aromatic heterocycles. The van der Waals surface area contributed by atoms with E-state index in [1.54, 1.807) is 6.92 Å². The lowest BCUT2D eigenvalue weighted by Gasteiger charge is -2.08. The summed E-state index contributed by atoms with van der Waals surface area (Å²) in [6.45, 7) is 1.77. The molecule has 0 unspecified atom stereocenters. The van der Waals surface area contributed by atoms with Crippen LogP contribution >= 0.6 is 0 Å². The van der Waals surface area contributed by atoms with Gasteiger partial charge in [-0.2, -0.15) is 0 Å². The van der Waals surface area contributed by atoms with Crippen LogP contribution in [0.4, 0.5) is 0 Å². The summed E-state index contributed by atoms with van der Waals surface area (Å²) in [5, 5.41) is 8.96. The SMILES string of the molecule is CCc1[nH]c(=O)c(C(=O)O)cc1C(=O)c1ccncc1. The Morgan fingerprint density at radius 2 is 1.90 bits per heavy atom. The second-order valence-corrected chi connectivity index (χ2v) is 4.13. The third-order valence-electron chi connectivity index (χ3n) is 2.89. The number of aromatic nitrogens is 2. The molecule has 0 spiro atoms. The maximum atomic E-state index is 12.4. The lowest BCUT2D eigenvalue weighted by molar-refractivity contribution is 0.0695. The molecule has 2 N–H and O–H groups in total. The minimum Gasteiger partial charge on any atom is -0.477 e. The molecule has 0 fully saturated rings. The average Bonchev–Trinajstić information content (AvgIpc) is 2.46. The third-order valence-corrected chi connectivity index (χ3v) is 2.89. The highest BCUT2D eigenvalue weighted by Crippen LogP contribution is 2.13. The maximum absolute atomic E-state index is 12.4. The van der Waals surface area contributed by atoms with Gasteiger partial charge in [-0.3, -0.25) is 14.6 Å². The largest absolute Gasteiger partial charge is 0.477 e. The zero-order valence-corrected chi connectivity index (χ0v) is 10.7. The molecule has 102 valence electrons. The number of nitrogens with zero attached hydrogens (tertiary/aromatic N) is 1. The van der Waals surface area contributed by atoms with E-state index in [0.29, 0.717) is 17.7 Å². The first-order valence-electron chi connectivity index (χ1n) is 5.98. The van der Waals surface area contributed by atoms with Gasteiger partial charge in [-0.25, -0.2) is 4.79 Å². The number of hydrogen-bond acceptors (Lipinski definition) is 4. The summed E-state index contributed by atoms with van der Waals surface area (Å²) in [6.07, 6.45) is 3.37. The number of carbonyl (C=O) groups excluding carboxylic acids is 1. The molecule has 2 heterocycles. The van der Waals surface area contributed by atoms with E-state index in [1.807, 2.05) is 0 Å². The van der Waals surface area contributed by atoms with Crippen LogP contribution in [-0.2, 0) is 6.42 Å². The summed E-state index contributed by atoms with van der Waals surface area (Å²) >= 11 is 0. The van der Waals surface area contributed by atoms with Crippen molar-refractivity contribution < 1.29 is 14.7 Å². The highest BCUT2D eigenvalue weighted by molar-refractivity contribution is 6.10. The van der Waals surface area contributed by atoms with Gasteiger partial charge < -0.3 is 10.1 Å². The van der Waals surface area contributed by atoms with Gasteiger partial charge >= 0.3 is 5.97 Å². The predicted molar refractivity (Wildman–Crippen MR) is 71.1 cm³/mol. The van der Waals surface area contributed by atoms with E-state index in [9.17, 15) is 14.4 Å². The van der Waals surface area contributed by atoms with Gasteiger partial charge in [0.15, 0.2) is 5.78 Å². The van der Waals surface area contributed by atoms with E-state index in [1.165, 1.54) is 24.5 Å². The van der Waals surface area contributed by atoms with Crippen molar-refractivity contribution in [3.8, 4) is 0 Å². The molecule has 0 aliphatic carbocycles. The Kier molecular flexibility index (Phi) is 3.74. The fourth-order valence-corrected chi connectivity index (χ4v) is 1.87. The highest BCUT2D eigenvalue weighted by atomic mass is 16.4. The van der Waals surface area contributed by atoms with Crippen molar-refractivity contribution in [2.75, 3.05) is 0 Å². The molecule has 0 saturated heterocycles. The van der Waals surface area contributed by atoms with E-state index in [0.717, 1.165) is 6.07 Å². The fourth-order valence-electron chi connectivity index (χ4n) is 1.87. The number of hydrogen-bond donors (Lipinski definition) is 2. The Balaban J connectivity index is 2.61. The van der Waals surface area contributed by atoms with E-state index in [2.05, 4.69) is 9.97 Å². The topological polar surface area (TPSA) is 100 Å². The maximum Gasteiger partial charge on any atom is 0.341 e. The number of nitrogens with one attached hydrogen (secondary N) is 1. The quantitative estimate of drug-likeness (QED) is 0.816. The van der Waals surface area contributed by atoms with Crippen molar-refractivity contribution in [2.24, 2.45) is 0 Å². The Hall–Kier alpha value is -2.76. The normalized spacial score (nSPS) is 10.2. The number of aryl methyl sites for hydroxylation is 1. The number of H-pyrrole nitrogens is 1. The van der Waals surface area contributed by atoms with Crippen LogP contribution in [-0.4, -0.2) is 26.8 Å². The molecule has 6 heteroatoms. The van der Waals surface area contributed by atoms with Gasteiger partial charge in [0, 0.05) is 29.2 Å². The summed E-state index contributed by atoms with van der Waals surface area (Å²) in [6, 6.07) is 4.20. The van der Waals surface area contributed by atoms with Crippen molar-refractivity contribution in [3.05, 3.63) is 63.3 Å². The summed E-state index contributed by atoms with van der Waals surface area (Å²) in [5.74, 6) is -1.71. The number of carbonyl (C=O) groups is 2. The van der Waals surface area contributed by atoms with E-state index >= 15 is 0 Å². The van der Waals surface area contributed by atoms with Crippen LogP contribution in [0.3, 0.4) is 0 Å². The van der Waals surface area contributed by atoms with Crippen LogP contribution in [0.25, 0.3) is 0 Å². The lowest BCUT2D eigenvalue weighted by Crippen LogP contribution is -2.22. The summed E-state index contributed by atoms with van der Waals surface area (Å²) in [5.41, 5.74) is -0.157. The smallest absolute Gasteiger partial charge is 0.341 e. The van der Waals surface area contributed by atoms with Gasteiger partial charge in [-0.15, -0.1) is 0 Å². The van der Waals surface area contributed by atoms with Crippen molar-refractivity contribution in [1.29, 1.82) is 0 Å². The second-order valence-electron chi connectivity index (χ2n) is 4.13. The first-order chi connectivity index (χ1) is 9.54. The number of aromatic carboxylic acids is 1. The molecule has 0 aromatic carbocycles. The van der Waals surface area contributed by atoms with Gasteiger partial charge in [0.05, 0.1) is 0 Å². The summed E-state index contributed by atoms with van der Waals surface area (Å²) < 4.78 is 0. The van der Waals surface area contributed by atoms with Crippen LogP contribution in [0.2, 0.25) is 0 Å². The molecule has 0 bridgehead atoms. The molecule has 0 radical (unpaired) electrons. The van der Waals surface area contributed by atoms with E-state index in [-0.39, 0.29) is 11.3 Å². The second kappa shape index (κ2) is 5.48. The molecule has 0 atom stereocenters. The van der Waals surface area contributed by atoms with E-state index in [4.69, 9.17) is 5.11 Å². The van der Waals surface area contributed by atoms with Gasteiger partial charge in [0.2, 0.25) is 0 Å². The molecular weight excluding hydrogens is 260 g/mol. The number of ketones is 1. The van der Waals surface area contributed by atoms with Crippen LogP contribution < -0.4 is 5.56 Å². The fraction of sp³-hybridized carbons (Fsp3) is 0.143. The van der Waals surface area contributed by atoms with Crippen LogP contribution in [0.15, 0.2) is 35.4 Å². The average molecular weight is 272 g/mol. The van der Waals surface area contributed by atoms with Gasteiger partial charge in [-0.1, -0.05) is 6.92 Å². The molecular formula is C14H12N2O4. The molecule has 0 saturated carbocycles. The number of rotatable bonds is 4. The molecule has 2 aromatic rings. The van der Waals surface area contributed by atoms with Crippen LogP contribution in [0, 0.1) is 0 Å². The van der Waals surface area contributed by atoms with E-state index < -0.39 is 17.1 Å². The van der Waals surface area contributed by atoms with Crippen LogP contribution in [0.1, 0.15) is 38.9 Å². The molecule has 20 heavy (non-hydrogen) atoms. The predicted octanol–water partition coefficient (Wildman–Crippen LogP) is 1.26. The minimum absolute atomic E-state index is 0.190. The van der Waals surface area contributed by atoms with Gasteiger partial charge in [0.1, 0.15) is 5.56 Å². The van der Waals surface area contributed by atoms with Crippen molar-refractivity contribution in [3.63, 3.8) is 0 Å². The van der Waals surface area contributed by atoms with Gasteiger partial charge in [0.25, 0.3) is 5.56 Å². The van der Waals surface area contributed by atoms with Gasteiger partial charge in [-0.05, 0) is 24.6 Å². The Morgan fingerprint density at radius 3 is 2.45 bits per heavy atom. The number of pyridine rings is 2. The number of carboxylic acid groups (broad SMARTS) is 1. The molecule has 0 aliphatic rings. The van der Waals surface area contributed by atoms with Crippen molar-refractivity contribution >= 4 is 11.8 Å². The first kappa shape index (κ1) is 13.7. The molecule has 6 nitrogen and oxygen atoms in total. The van der Waals surface area contributed by atoms with Crippen molar-refractivity contribution in [1.82, 2.24) is 9.97 Å². The Labute approximate surface area is 114 Å². The van der Waals surface area contributed by atoms with Crippen molar-refractivity contribution in [2.45, 2.75) is 13.3 Å². The summed E-state index contributed by atoms with van der Waals surface area (Å²) in [7, 11) is 0. The highest BCUT2D eigenvalue weighted by Gasteiger charge is 2.18. The standard InChI is InChI=1S/C14H12N2O4/c1-2-11-9(7-10(14(19)20)13(18)16-11)12(17)8-3-5-15-6-4-8/h3-7H,2H2,1H3,(H,16,18)(H,19,20). The monoisotopic (exact) mass is 272 g/mol. The Morgan fingerprint density at radius 1 is 1.25 bits per heavy atom. The molecule has 0 amide bonds. The zero-order chi connectivity index (χ0) is 14.7. The zero-order valence-electron chi connectivity index (χ0n) is 10.7. The minimum atomic E-state index is -1.36. The molecule has 2 rings (SSSR count). The number of aromatic amines is 1.